The number of benzene rings is 1. The molecule has 2 aromatic rings. The van der Waals surface area contributed by atoms with Gasteiger partial charge in [0.1, 0.15) is 5.76 Å². The molecule has 3 heterocycles. The Morgan fingerprint density at radius 3 is 2.33 bits per heavy atom. The molecule has 2 fully saturated rings. The number of hydrogen-bond acceptors (Lipinski definition) is 4. The molecule has 30 heavy (non-hydrogen) atoms. The number of likely N-dealkylation sites (tertiary alicyclic amines) is 2. The van der Waals surface area contributed by atoms with Gasteiger partial charge in [-0.25, -0.2) is 0 Å². The third-order valence-electron chi connectivity index (χ3n) is 6.28. The topological polar surface area (TPSA) is 65.8 Å². The standard InChI is InChI=1S/C23H28ClN3O3/c24-19-5-3-18(4-6-19)23(29)27-13-9-20(10-14-27)26-11-7-17(8-12-26)22(28)25-16-21-2-1-15-30-21/h1-6,15,17,20H,7-14,16H2,(H,25,28). The zero-order valence-corrected chi connectivity index (χ0v) is 17.8. The van der Waals surface area contributed by atoms with Crippen LogP contribution in [0.1, 0.15) is 41.8 Å². The van der Waals surface area contributed by atoms with Gasteiger partial charge in [0.2, 0.25) is 5.91 Å². The average Bonchev–Trinajstić information content (AvgIpc) is 3.31. The SMILES string of the molecule is O=C(NCc1ccco1)C1CCN(C2CCN(C(=O)c3ccc(Cl)cc3)CC2)CC1. The zero-order chi connectivity index (χ0) is 20.9. The smallest absolute Gasteiger partial charge is 0.253 e. The first kappa shape index (κ1) is 20.9. The van der Waals surface area contributed by atoms with Crippen LogP contribution in [0.25, 0.3) is 0 Å². The summed E-state index contributed by atoms with van der Waals surface area (Å²) in [6, 6.07) is 11.3. The van der Waals surface area contributed by atoms with E-state index in [0.29, 0.717) is 23.2 Å². The van der Waals surface area contributed by atoms with Crippen LogP contribution in [-0.4, -0.2) is 53.8 Å². The fourth-order valence-corrected chi connectivity index (χ4v) is 4.59. The van der Waals surface area contributed by atoms with E-state index in [2.05, 4.69) is 10.2 Å². The van der Waals surface area contributed by atoms with Crippen LogP contribution in [0.5, 0.6) is 0 Å². The first-order chi connectivity index (χ1) is 14.6. The second kappa shape index (κ2) is 9.67. The summed E-state index contributed by atoms with van der Waals surface area (Å²) in [4.78, 5) is 29.5. The highest BCUT2D eigenvalue weighted by molar-refractivity contribution is 6.30. The van der Waals surface area contributed by atoms with E-state index < -0.39 is 0 Å². The molecule has 0 unspecified atom stereocenters. The van der Waals surface area contributed by atoms with Gasteiger partial charge in [0.05, 0.1) is 12.8 Å². The first-order valence-electron chi connectivity index (χ1n) is 10.7. The summed E-state index contributed by atoms with van der Waals surface area (Å²) < 4.78 is 5.27. The minimum Gasteiger partial charge on any atom is -0.467 e. The molecule has 0 spiro atoms. The summed E-state index contributed by atoms with van der Waals surface area (Å²) in [5, 5.41) is 3.62. The van der Waals surface area contributed by atoms with Gasteiger partial charge in [-0.2, -0.15) is 0 Å². The van der Waals surface area contributed by atoms with Crippen molar-refractivity contribution < 1.29 is 14.0 Å². The zero-order valence-electron chi connectivity index (χ0n) is 17.1. The Labute approximate surface area is 182 Å². The predicted molar refractivity (Wildman–Crippen MR) is 115 cm³/mol. The van der Waals surface area contributed by atoms with Gasteiger partial charge in [0.25, 0.3) is 5.91 Å². The van der Waals surface area contributed by atoms with Gasteiger partial charge in [0, 0.05) is 35.6 Å². The molecule has 7 heteroatoms. The lowest BCUT2D eigenvalue weighted by atomic mass is 9.92. The summed E-state index contributed by atoms with van der Waals surface area (Å²) in [5.74, 6) is 1.05. The Bertz CT molecular complexity index is 837. The number of carbonyl (C=O) groups excluding carboxylic acids is 2. The molecule has 1 aromatic carbocycles. The molecular formula is C23H28ClN3O3. The quantitative estimate of drug-likeness (QED) is 0.789. The van der Waals surface area contributed by atoms with E-state index in [1.165, 1.54) is 0 Å². The van der Waals surface area contributed by atoms with Crippen LogP contribution in [0.15, 0.2) is 47.1 Å². The molecule has 0 aliphatic carbocycles. The molecule has 2 aliphatic heterocycles. The summed E-state index contributed by atoms with van der Waals surface area (Å²) in [6.07, 6.45) is 5.35. The third-order valence-corrected chi connectivity index (χ3v) is 6.53. The Balaban J connectivity index is 1.20. The lowest BCUT2D eigenvalue weighted by Gasteiger charge is -2.41. The van der Waals surface area contributed by atoms with E-state index in [4.69, 9.17) is 16.0 Å². The van der Waals surface area contributed by atoms with Gasteiger partial charge >= 0.3 is 0 Å². The van der Waals surface area contributed by atoms with Gasteiger partial charge in [-0.1, -0.05) is 11.6 Å². The van der Waals surface area contributed by atoms with Crippen molar-refractivity contribution in [1.82, 2.24) is 15.1 Å². The van der Waals surface area contributed by atoms with Gasteiger partial charge in [-0.3, -0.25) is 9.59 Å². The van der Waals surface area contributed by atoms with E-state index in [-0.39, 0.29) is 17.7 Å². The Kier molecular flexibility index (Phi) is 6.75. The third kappa shape index (κ3) is 5.05. The fraction of sp³-hybridized carbons (Fsp3) is 0.478. The van der Waals surface area contributed by atoms with Crippen LogP contribution in [0.3, 0.4) is 0 Å². The molecule has 0 radical (unpaired) electrons. The lowest BCUT2D eigenvalue weighted by molar-refractivity contribution is -0.127. The van der Waals surface area contributed by atoms with Crippen LogP contribution in [0.4, 0.5) is 0 Å². The van der Waals surface area contributed by atoms with Gasteiger partial charge in [0.15, 0.2) is 0 Å². The summed E-state index contributed by atoms with van der Waals surface area (Å²) in [7, 11) is 0. The van der Waals surface area contributed by atoms with Gasteiger partial charge in [-0.15, -0.1) is 0 Å². The van der Waals surface area contributed by atoms with Crippen molar-refractivity contribution in [2.24, 2.45) is 5.92 Å². The fourth-order valence-electron chi connectivity index (χ4n) is 4.47. The van der Waals surface area contributed by atoms with Crippen LogP contribution in [0, 0.1) is 5.92 Å². The highest BCUT2D eigenvalue weighted by Gasteiger charge is 2.31. The van der Waals surface area contributed by atoms with Crippen molar-refractivity contribution in [1.29, 1.82) is 0 Å². The van der Waals surface area contributed by atoms with Crippen LogP contribution < -0.4 is 5.32 Å². The van der Waals surface area contributed by atoms with Crippen molar-refractivity contribution >= 4 is 23.4 Å². The molecule has 0 saturated carbocycles. The second-order valence-electron chi connectivity index (χ2n) is 8.14. The highest BCUT2D eigenvalue weighted by atomic mass is 35.5. The van der Waals surface area contributed by atoms with Crippen molar-refractivity contribution in [3.63, 3.8) is 0 Å². The maximum absolute atomic E-state index is 12.7. The Hall–Kier alpha value is -2.31. The Morgan fingerprint density at radius 2 is 1.70 bits per heavy atom. The lowest BCUT2D eigenvalue weighted by Crippen LogP contribution is -2.50. The summed E-state index contributed by atoms with van der Waals surface area (Å²) >= 11 is 5.92. The highest BCUT2D eigenvalue weighted by Crippen LogP contribution is 2.25. The first-order valence-corrected chi connectivity index (χ1v) is 11.1. The largest absolute Gasteiger partial charge is 0.467 e. The minimum absolute atomic E-state index is 0.0720. The predicted octanol–water partition coefficient (Wildman–Crippen LogP) is 3.57. The molecule has 4 rings (SSSR count). The molecule has 2 amide bonds. The van der Waals surface area contributed by atoms with Crippen molar-refractivity contribution in [3.05, 3.63) is 59.0 Å². The molecule has 0 atom stereocenters. The van der Waals surface area contributed by atoms with E-state index in [1.54, 1.807) is 30.5 Å². The van der Waals surface area contributed by atoms with Gasteiger partial charge < -0.3 is 19.5 Å². The molecule has 1 aromatic heterocycles. The number of nitrogens with one attached hydrogen (secondary N) is 1. The normalized spacial score (nSPS) is 19.0. The average molecular weight is 430 g/mol. The number of rotatable bonds is 5. The summed E-state index contributed by atoms with van der Waals surface area (Å²) in [6.45, 7) is 3.88. The number of amides is 2. The van der Waals surface area contributed by atoms with Crippen molar-refractivity contribution in [3.8, 4) is 0 Å². The van der Waals surface area contributed by atoms with E-state index in [0.717, 1.165) is 57.6 Å². The van der Waals surface area contributed by atoms with Crippen molar-refractivity contribution in [2.45, 2.75) is 38.3 Å². The maximum Gasteiger partial charge on any atom is 0.253 e. The number of carbonyl (C=O) groups is 2. The summed E-state index contributed by atoms with van der Waals surface area (Å²) in [5.41, 5.74) is 0.694. The van der Waals surface area contributed by atoms with E-state index in [1.807, 2.05) is 17.0 Å². The van der Waals surface area contributed by atoms with Crippen LogP contribution in [-0.2, 0) is 11.3 Å². The van der Waals surface area contributed by atoms with Crippen LogP contribution >= 0.6 is 11.6 Å². The minimum atomic E-state index is 0.0720. The number of nitrogens with zero attached hydrogens (tertiary/aromatic N) is 2. The number of hydrogen-bond donors (Lipinski definition) is 1. The molecular weight excluding hydrogens is 402 g/mol. The number of piperidine rings is 2. The second-order valence-corrected chi connectivity index (χ2v) is 8.57. The number of furan rings is 1. The molecule has 2 aliphatic rings. The molecule has 2 saturated heterocycles. The number of halogens is 1. The Morgan fingerprint density at radius 1 is 1.00 bits per heavy atom. The molecule has 1 N–H and O–H groups in total. The van der Waals surface area contributed by atoms with E-state index >= 15 is 0 Å². The van der Waals surface area contributed by atoms with E-state index in [9.17, 15) is 9.59 Å². The monoisotopic (exact) mass is 429 g/mol. The van der Waals surface area contributed by atoms with Gasteiger partial charge in [-0.05, 0) is 75.2 Å². The van der Waals surface area contributed by atoms with Crippen molar-refractivity contribution in [2.75, 3.05) is 26.2 Å². The maximum atomic E-state index is 12.7. The molecule has 6 nitrogen and oxygen atoms in total. The molecule has 0 bridgehead atoms. The van der Waals surface area contributed by atoms with Crippen LogP contribution in [0.2, 0.25) is 5.02 Å². The molecule has 160 valence electrons.